The van der Waals surface area contributed by atoms with Crippen molar-refractivity contribution in [3.8, 4) is 11.5 Å². The number of benzene rings is 3. The third kappa shape index (κ3) is 9.92. The van der Waals surface area contributed by atoms with Crippen molar-refractivity contribution in [2.24, 2.45) is 11.3 Å². The van der Waals surface area contributed by atoms with Gasteiger partial charge in [0.15, 0.2) is 0 Å². The Labute approximate surface area is 362 Å². The van der Waals surface area contributed by atoms with Gasteiger partial charge in [0, 0.05) is 86.9 Å². The van der Waals surface area contributed by atoms with Crippen molar-refractivity contribution in [3.63, 3.8) is 0 Å². The number of hydrogen-bond donors (Lipinski definition) is 3. The molecule has 0 spiro atoms. The lowest BCUT2D eigenvalue weighted by atomic mass is 9.72. The maximum Gasteiger partial charge on any atom is 0.294 e. The summed E-state index contributed by atoms with van der Waals surface area (Å²) in [6.45, 7) is 10.4. The fourth-order valence-electron chi connectivity index (χ4n) is 8.51. The fourth-order valence-corrected chi connectivity index (χ4v) is 9.17. The second-order valence-corrected chi connectivity index (χ2v) is 18.1. The highest BCUT2D eigenvalue weighted by atomic mass is 35.5. The lowest BCUT2D eigenvalue weighted by Crippen LogP contribution is -2.47. The van der Waals surface area contributed by atoms with Crippen molar-refractivity contribution in [1.29, 1.82) is 0 Å². The second-order valence-electron chi connectivity index (χ2n) is 16.8. The van der Waals surface area contributed by atoms with Gasteiger partial charge in [-0.05, 0) is 103 Å². The zero-order chi connectivity index (χ0) is 42.7. The van der Waals surface area contributed by atoms with E-state index in [9.17, 15) is 23.7 Å². The molecule has 14 nitrogen and oxygen atoms in total. The van der Waals surface area contributed by atoms with Gasteiger partial charge in [-0.3, -0.25) is 24.4 Å². The summed E-state index contributed by atoms with van der Waals surface area (Å²) >= 11 is 3.35. The Morgan fingerprint density at radius 3 is 2.59 bits per heavy atom. The van der Waals surface area contributed by atoms with Gasteiger partial charge in [0.05, 0.1) is 22.4 Å². The van der Waals surface area contributed by atoms with Gasteiger partial charge in [-0.2, -0.15) is 0 Å². The molecule has 1 amide bonds. The third-order valence-electron chi connectivity index (χ3n) is 12.0. The number of rotatable bonds is 13. The van der Waals surface area contributed by atoms with Crippen LogP contribution in [0.3, 0.4) is 0 Å². The first-order valence-corrected chi connectivity index (χ1v) is 22.1. The summed E-state index contributed by atoms with van der Waals surface area (Å²) in [6, 6.07) is 21.0. The van der Waals surface area contributed by atoms with Gasteiger partial charge in [0.2, 0.25) is 0 Å². The van der Waals surface area contributed by atoms with Crippen molar-refractivity contribution < 1.29 is 28.0 Å². The molecule has 320 valence electrons. The summed E-state index contributed by atoms with van der Waals surface area (Å²) in [5, 5.41) is 17.0. The summed E-state index contributed by atoms with van der Waals surface area (Å²) in [7, 11) is 0. The molecule has 8 rings (SSSR count). The molecule has 2 aliphatic heterocycles. The minimum Gasteiger partial charge on any atom is -0.455 e. The van der Waals surface area contributed by atoms with E-state index >= 15 is 0 Å². The monoisotopic (exact) mass is 867 g/mol. The number of nitrogens with one attached hydrogen (secondary N) is 2. The molecule has 3 aliphatic rings. The summed E-state index contributed by atoms with van der Waals surface area (Å²) in [4.78, 5) is 38.3. The Balaban J connectivity index is 1.04. The molecule has 3 N–H and O–H groups in total. The first-order valence-electron chi connectivity index (χ1n) is 20.7. The van der Waals surface area contributed by atoms with Gasteiger partial charge in [-0.25, -0.2) is 13.5 Å². The molecule has 1 unspecified atom stereocenters. The molecule has 0 saturated carbocycles. The minimum absolute atomic E-state index is 0.00906. The molecule has 4 heterocycles. The number of piperazine rings is 1. The van der Waals surface area contributed by atoms with Gasteiger partial charge in [0.25, 0.3) is 22.9 Å². The van der Waals surface area contributed by atoms with Crippen LogP contribution >= 0.6 is 11.6 Å². The zero-order valence-electron chi connectivity index (χ0n) is 34.3. The maximum absolute atomic E-state index is 14.4. The van der Waals surface area contributed by atoms with Crippen LogP contribution in [0.4, 0.5) is 22.7 Å². The third-order valence-corrected chi connectivity index (χ3v) is 12.9. The van der Waals surface area contributed by atoms with Crippen LogP contribution in [0, 0.1) is 21.4 Å². The zero-order valence-corrected chi connectivity index (χ0v) is 35.8. The predicted octanol–water partition coefficient (Wildman–Crippen LogP) is 9.32. The van der Waals surface area contributed by atoms with E-state index < -0.39 is 22.1 Å². The topological polar surface area (TPSA) is 166 Å². The predicted molar refractivity (Wildman–Crippen MR) is 240 cm³/mol. The number of fused-ring (bicyclic) bond motifs is 1. The number of halogens is 1. The highest BCUT2D eigenvalue weighted by molar-refractivity contribution is 7.81. The summed E-state index contributed by atoms with van der Waals surface area (Å²) in [6.07, 6.45) is 8.17. The van der Waals surface area contributed by atoms with Gasteiger partial charge in [-0.15, -0.1) is 0 Å². The lowest BCUT2D eigenvalue weighted by Gasteiger charge is -2.39. The van der Waals surface area contributed by atoms with E-state index in [4.69, 9.17) is 21.1 Å². The fraction of sp³-hybridized carbons (Fsp3) is 0.378. The number of H-pyrrole nitrogens is 1. The molecule has 2 saturated heterocycles. The molecule has 61 heavy (non-hydrogen) atoms. The van der Waals surface area contributed by atoms with E-state index in [2.05, 4.69) is 51.1 Å². The Morgan fingerprint density at radius 1 is 1.08 bits per heavy atom. The van der Waals surface area contributed by atoms with E-state index in [1.165, 1.54) is 35.0 Å². The molecule has 0 radical (unpaired) electrons. The standard InChI is InChI=1S/C45H50ClN7O7S/c1-45(2)15-11-33(39(26-45)31-3-5-34(46)6-4-31)29-50-17-19-51(20-18-50)35-7-9-38(42(25-35)60-37-23-32-12-16-47-43(32)49-28-37)44(54)52(61(57)58)36-8-10-40(41(24-36)53(55)56)48-27-30-13-21-59-22-14-30/h3-10,12,16,23-25,28,30,48H,11,13-15,17-22,26-27,29H2,1-2H3,(H,47,49)(H,57,58). The van der Waals surface area contributed by atoms with Gasteiger partial charge in [0.1, 0.15) is 22.8 Å². The molecule has 5 aromatic rings. The molecule has 1 aliphatic carbocycles. The molecule has 0 bridgehead atoms. The Morgan fingerprint density at radius 2 is 1.85 bits per heavy atom. The molecule has 1 atom stereocenters. The van der Waals surface area contributed by atoms with E-state index in [1.807, 2.05) is 18.2 Å². The first kappa shape index (κ1) is 42.4. The maximum atomic E-state index is 14.4. The number of hydrogen-bond acceptors (Lipinski definition) is 10. The normalized spacial score (nSPS) is 17.9. The van der Waals surface area contributed by atoms with Crippen LogP contribution < -0.4 is 19.3 Å². The second kappa shape index (κ2) is 18.3. The molecule has 2 fully saturated rings. The number of ether oxygens (including phenoxy) is 2. The minimum atomic E-state index is -2.90. The molecule has 2 aromatic heterocycles. The van der Waals surface area contributed by atoms with Gasteiger partial charge < -0.3 is 24.7 Å². The van der Waals surface area contributed by atoms with Gasteiger partial charge in [-0.1, -0.05) is 43.2 Å². The lowest BCUT2D eigenvalue weighted by molar-refractivity contribution is -0.383. The van der Waals surface area contributed by atoms with E-state index in [1.54, 1.807) is 30.5 Å². The van der Waals surface area contributed by atoms with Crippen LogP contribution in [-0.2, 0) is 16.0 Å². The Kier molecular flexibility index (Phi) is 12.7. The number of pyridine rings is 1. The number of nitro groups is 1. The van der Waals surface area contributed by atoms with Crippen molar-refractivity contribution in [1.82, 2.24) is 14.9 Å². The number of aromatic nitrogens is 2. The largest absolute Gasteiger partial charge is 0.455 e. The number of nitrogens with zero attached hydrogens (tertiary/aromatic N) is 5. The van der Waals surface area contributed by atoms with Crippen LogP contribution in [0.5, 0.6) is 11.5 Å². The summed E-state index contributed by atoms with van der Waals surface area (Å²) in [5.74, 6) is -0.0873. The van der Waals surface area contributed by atoms with Crippen LogP contribution in [0.2, 0.25) is 5.02 Å². The highest BCUT2D eigenvalue weighted by Gasteiger charge is 2.32. The first-order chi connectivity index (χ1) is 29.4. The van der Waals surface area contributed by atoms with E-state index in [-0.39, 0.29) is 39.7 Å². The summed E-state index contributed by atoms with van der Waals surface area (Å²) < 4.78 is 36.0. The van der Waals surface area contributed by atoms with Crippen LogP contribution in [0.15, 0.2) is 90.8 Å². The molecule has 3 aromatic carbocycles. The average molecular weight is 868 g/mol. The Bertz CT molecular complexity index is 2460. The number of carbonyl (C=O) groups is 1. The molecule has 16 heteroatoms. The smallest absolute Gasteiger partial charge is 0.294 e. The van der Waals surface area contributed by atoms with E-state index in [0.29, 0.717) is 35.5 Å². The average Bonchev–Trinajstić information content (AvgIpc) is 3.73. The van der Waals surface area contributed by atoms with Crippen molar-refractivity contribution in [2.45, 2.75) is 46.0 Å². The number of amides is 1. The SMILES string of the molecule is CC1(C)CCC(CN2CCN(c3ccc(C(=O)N(c4ccc(NCC5CCOCC5)c([N+](=O)[O-])c4)S(=O)O)c(Oc4cnc5[nH]ccc5c4)c3)CC2)=C(c2ccc(Cl)cc2)C1. The quantitative estimate of drug-likeness (QED) is 0.0586. The number of allylic oxidation sites excluding steroid dienone is 1. The Hall–Kier alpha value is -5.32. The number of carbonyl (C=O) groups excluding carboxylic acids is 1. The van der Waals surface area contributed by atoms with E-state index in [0.717, 1.165) is 87.0 Å². The van der Waals surface area contributed by atoms with Crippen LogP contribution in [-0.4, -0.2) is 86.9 Å². The number of aromatic amines is 1. The van der Waals surface area contributed by atoms with Crippen molar-refractivity contribution in [3.05, 3.63) is 117 Å². The molecular weight excluding hydrogens is 818 g/mol. The number of anilines is 3. The van der Waals surface area contributed by atoms with Crippen LogP contribution in [0.1, 0.15) is 61.9 Å². The van der Waals surface area contributed by atoms with Crippen molar-refractivity contribution >= 4 is 68.1 Å². The summed E-state index contributed by atoms with van der Waals surface area (Å²) in [5.41, 5.74) is 5.61. The van der Waals surface area contributed by atoms with Crippen molar-refractivity contribution in [2.75, 3.05) is 67.0 Å². The highest BCUT2D eigenvalue weighted by Crippen LogP contribution is 2.44. The van der Waals surface area contributed by atoms with Crippen LogP contribution in [0.25, 0.3) is 16.6 Å². The van der Waals surface area contributed by atoms with Gasteiger partial charge >= 0.3 is 0 Å². The number of nitro benzene ring substituents is 1. The molecular formula is C45H50ClN7O7S.